The van der Waals surface area contributed by atoms with Crippen LogP contribution in [0.25, 0.3) is 0 Å². The molecule has 4 nitrogen and oxygen atoms in total. The average molecular weight is 296 g/mol. The molecule has 2 atom stereocenters. The molecule has 0 bridgehead atoms. The van der Waals surface area contributed by atoms with E-state index in [4.69, 9.17) is 0 Å². The monoisotopic (exact) mass is 296 g/mol. The SMILES string of the molecule is CC(Cc1ccccc1)NS(=O)(=O)CC1CCCCN1. The fraction of sp³-hybridized carbons (Fsp3) is 0.600. The Morgan fingerprint density at radius 2 is 2.05 bits per heavy atom. The molecule has 1 fully saturated rings. The minimum Gasteiger partial charge on any atom is -0.313 e. The zero-order chi connectivity index (χ0) is 14.4. The highest BCUT2D eigenvalue weighted by molar-refractivity contribution is 7.89. The van der Waals surface area contributed by atoms with Gasteiger partial charge in [0, 0.05) is 12.1 Å². The van der Waals surface area contributed by atoms with E-state index >= 15 is 0 Å². The van der Waals surface area contributed by atoms with E-state index < -0.39 is 10.0 Å². The fourth-order valence-electron chi connectivity index (χ4n) is 2.70. The molecular formula is C15H24N2O2S. The maximum atomic E-state index is 12.1. The van der Waals surface area contributed by atoms with Gasteiger partial charge in [0.1, 0.15) is 0 Å². The van der Waals surface area contributed by atoms with Crippen LogP contribution in [-0.2, 0) is 16.4 Å². The molecule has 1 aromatic rings. The molecule has 1 aliphatic heterocycles. The summed E-state index contributed by atoms with van der Waals surface area (Å²) in [5.74, 6) is 0.187. The molecule has 0 aromatic heterocycles. The largest absolute Gasteiger partial charge is 0.313 e. The van der Waals surface area contributed by atoms with Crippen molar-refractivity contribution in [2.24, 2.45) is 0 Å². The van der Waals surface area contributed by atoms with E-state index in [-0.39, 0.29) is 17.8 Å². The summed E-state index contributed by atoms with van der Waals surface area (Å²) in [6, 6.07) is 9.98. The van der Waals surface area contributed by atoms with Crippen LogP contribution in [0, 0.1) is 0 Å². The lowest BCUT2D eigenvalue weighted by molar-refractivity contribution is 0.421. The van der Waals surface area contributed by atoms with E-state index in [0.29, 0.717) is 0 Å². The van der Waals surface area contributed by atoms with E-state index in [1.807, 2.05) is 37.3 Å². The lowest BCUT2D eigenvalue weighted by Gasteiger charge is -2.24. The third-order valence-electron chi connectivity index (χ3n) is 3.60. The van der Waals surface area contributed by atoms with E-state index in [0.717, 1.165) is 37.8 Å². The predicted molar refractivity (Wildman–Crippen MR) is 82.2 cm³/mol. The maximum absolute atomic E-state index is 12.1. The smallest absolute Gasteiger partial charge is 0.213 e. The quantitative estimate of drug-likeness (QED) is 0.840. The molecule has 1 aliphatic rings. The van der Waals surface area contributed by atoms with Crippen LogP contribution in [0.3, 0.4) is 0 Å². The third kappa shape index (κ3) is 5.23. The van der Waals surface area contributed by atoms with Crippen molar-refractivity contribution >= 4 is 10.0 Å². The van der Waals surface area contributed by atoms with Gasteiger partial charge in [-0.25, -0.2) is 13.1 Å². The Morgan fingerprint density at radius 1 is 1.30 bits per heavy atom. The van der Waals surface area contributed by atoms with E-state index in [1.54, 1.807) is 0 Å². The van der Waals surface area contributed by atoms with Crippen molar-refractivity contribution in [3.63, 3.8) is 0 Å². The van der Waals surface area contributed by atoms with Gasteiger partial charge in [-0.05, 0) is 38.3 Å². The zero-order valence-corrected chi connectivity index (χ0v) is 12.8. The van der Waals surface area contributed by atoms with Gasteiger partial charge in [-0.3, -0.25) is 0 Å². The van der Waals surface area contributed by atoms with Gasteiger partial charge in [-0.15, -0.1) is 0 Å². The van der Waals surface area contributed by atoms with Gasteiger partial charge in [-0.2, -0.15) is 0 Å². The van der Waals surface area contributed by atoms with Crippen molar-refractivity contribution in [1.82, 2.24) is 10.0 Å². The van der Waals surface area contributed by atoms with E-state index in [2.05, 4.69) is 10.0 Å². The van der Waals surface area contributed by atoms with Crippen LogP contribution in [0.1, 0.15) is 31.7 Å². The molecule has 1 saturated heterocycles. The second-order valence-electron chi connectivity index (χ2n) is 5.64. The molecule has 2 rings (SSSR count). The molecule has 0 radical (unpaired) electrons. The van der Waals surface area contributed by atoms with Gasteiger partial charge in [0.05, 0.1) is 5.75 Å². The predicted octanol–water partition coefficient (Wildman–Crippen LogP) is 1.68. The molecule has 0 spiro atoms. The van der Waals surface area contributed by atoms with Crippen LogP contribution in [0.5, 0.6) is 0 Å². The van der Waals surface area contributed by atoms with Crippen LogP contribution < -0.4 is 10.0 Å². The Kier molecular flexibility index (Phi) is 5.57. The van der Waals surface area contributed by atoms with Gasteiger partial charge in [0.15, 0.2) is 0 Å². The van der Waals surface area contributed by atoms with Crippen LogP contribution in [-0.4, -0.2) is 32.8 Å². The van der Waals surface area contributed by atoms with Gasteiger partial charge in [0.2, 0.25) is 10.0 Å². The highest BCUT2D eigenvalue weighted by Crippen LogP contribution is 2.10. The Bertz CT molecular complexity index is 496. The standard InChI is InChI=1S/C15H24N2O2S/c1-13(11-14-7-3-2-4-8-14)17-20(18,19)12-15-9-5-6-10-16-15/h2-4,7-8,13,15-17H,5-6,9-12H2,1H3. The second-order valence-corrected chi connectivity index (χ2v) is 7.44. The Balaban J connectivity index is 1.84. The first kappa shape index (κ1) is 15.5. The fourth-order valence-corrected chi connectivity index (χ4v) is 4.30. The molecule has 20 heavy (non-hydrogen) atoms. The minimum atomic E-state index is -3.21. The van der Waals surface area contributed by atoms with Crippen molar-refractivity contribution < 1.29 is 8.42 Å². The number of nitrogens with one attached hydrogen (secondary N) is 2. The van der Waals surface area contributed by atoms with Gasteiger partial charge >= 0.3 is 0 Å². The van der Waals surface area contributed by atoms with Gasteiger partial charge in [-0.1, -0.05) is 36.8 Å². The summed E-state index contributed by atoms with van der Waals surface area (Å²) in [4.78, 5) is 0. The first-order chi connectivity index (χ1) is 9.55. The number of hydrogen-bond donors (Lipinski definition) is 2. The molecule has 2 unspecified atom stereocenters. The second kappa shape index (κ2) is 7.20. The van der Waals surface area contributed by atoms with Gasteiger partial charge < -0.3 is 5.32 Å². The molecule has 1 heterocycles. The topological polar surface area (TPSA) is 58.2 Å². The molecule has 0 amide bonds. The average Bonchev–Trinajstić information content (AvgIpc) is 2.39. The molecule has 0 saturated carbocycles. The first-order valence-electron chi connectivity index (χ1n) is 7.32. The van der Waals surface area contributed by atoms with Crippen LogP contribution in [0.2, 0.25) is 0 Å². The van der Waals surface area contributed by atoms with Crippen molar-refractivity contribution in [2.75, 3.05) is 12.3 Å². The number of rotatable bonds is 6. The Morgan fingerprint density at radius 3 is 2.70 bits per heavy atom. The Hall–Kier alpha value is -0.910. The number of benzene rings is 1. The lowest BCUT2D eigenvalue weighted by atomic mass is 10.1. The molecular weight excluding hydrogens is 272 g/mol. The van der Waals surface area contributed by atoms with E-state index in [9.17, 15) is 8.42 Å². The Labute approximate surface area is 122 Å². The lowest BCUT2D eigenvalue weighted by Crippen LogP contribution is -2.45. The highest BCUT2D eigenvalue weighted by atomic mass is 32.2. The molecule has 112 valence electrons. The highest BCUT2D eigenvalue weighted by Gasteiger charge is 2.22. The van der Waals surface area contributed by atoms with Crippen LogP contribution in [0.15, 0.2) is 30.3 Å². The summed E-state index contributed by atoms with van der Waals surface area (Å²) in [6.07, 6.45) is 3.94. The van der Waals surface area contributed by atoms with Crippen LogP contribution >= 0.6 is 0 Å². The summed E-state index contributed by atoms with van der Waals surface area (Å²) in [7, 11) is -3.21. The molecule has 2 N–H and O–H groups in total. The minimum absolute atomic E-state index is 0.0778. The van der Waals surface area contributed by atoms with E-state index in [1.165, 1.54) is 0 Å². The van der Waals surface area contributed by atoms with Gasteiger partial charge in [0.25, 0.3) is 0 Å². The maximum Gasteiger partial charge on any atom is 0.213 e. The zero-order valence-electron chi connectivity index (χ0n) is 12.0. The summed E-state index contributed by atoms with van der Waals surface area (Å²) in [5.41, 5.74) is 1.15. The normalized spacial score (nSPS) is 21.6. The van der Waals surface area contributed by atoms with Crippen molar-refractivity contribution in [1.29, 1.82) is 0 Å². The summed E-state index contributed by atoms with van der Waals surface area (Å²) < 4.78 is 27.1. The van der Waals surface area contributed by atoms with Crippen LogP contribution in [0.4, 0.5) is 0 Å². The number of hydrogen-bond acceptors (Lipinski definition) is 3. The first-order valence-corrected chi connectivity index (χ1v) is 8.98. The summed E-state index contributed by atoms with van der Waals surface area (Å²) >= 11 is 0. The van der Waals surface area contributed by atoms with Crippen molar-refractivity contribution in [3.05, 3.63) is 35.9 Å². The molecule has 1 aromatic carbocycles. The number of sulfonamides is 1. The summed E-state index contributed by atoms with van der Waals surface area (Å²) in [6.45, 7) is 2.85. The molecule has 5 heteroatoms. The van der Waals surface area contributed by atoms with Crippen molar-refractivity contribution in [2.45, 2.75) is 44.7 Å². The molecule has 0 aliphatic carbocycles. The third-order valence-corrected chi connectivity index (χ3v) is 5.20. The van der Waals surface area contributed by atoms with Crippen molar-refractivity contribution in [3.8, 4) is 0 Å². The summed E-state index contributed by atoms with van der Waals surface area (Å²) in [5, 5.41) is 3.28. The number of piperidine rings is 1.